The Hall–Kier alpha value is -3.00. The molecule has 0 radical (unpaired) electrons. The molecule has 9 heteroatoms. The number of esters is 1. The summed E-state index contributed by atoms with van der Waals surface area (Å²) in [5, 5.41) is 2.11. The summed E-state index contributed by atoms with van der Waals surface area (Å²) >= 11 is 13.4. The number of ether oxygens (including phenoxy) is 2. The van der Waals surface area contributed by atoms with Gasteiger partial charge in [0.15, 0.2) is 12.4 Å². The first-order chi connectivity index (χ1) is 16.4. The molecule has 1 aliphatic heterocycles. The van der Waals surface area contributed by atoms with Gasteiger partial charge in [-0.25, -0.2) is 4.79 Å². The number of benzene rings is 3. The van der Waals surface area contributed by atoms with Crippen molar-refractivity contribution in [2.45, 2.75) is 13.5 Å². The number of amides is 2. The maximum Gasteiger partial charge on any atom is 0.344 e. The van der Waals surface area contributed by atoms with Crippen LogP contribution >= 0.6 is 35.0 Å². The molecule has 0 unspecified atom stereocenters. The predicted molar refractivity (Wildman–Crippen MR) is 134 cm³/mol. The average molecular weight is 516 g/mol. The lowest BCUT2D eigenvalue weighted by Gasteiger charge is -2.13. The molecule has 1 heterocycles. The minimum atomic E-state index is -0.543. The van der Waals surface area contributed by atoms with Crippen molar-refractivity contribution < 1.29 is 23.9 Å². The Morgan fingerprint density at radius 3 is 2.44 bits per heavy atom. The molecule has 0 spiro atoms. The van der Waals surface area contributed by atoms with Crippen LogP contribution in [0.25, 0.3) is 16.8 Å². The monoisotopic (exact) mass is 515 g/mol. The summed E-state index contributed by atoms with van der Waals surface area (Å²) in [6.07, 6.45) is 1.55. The van der Waals surface area contributed by atoms with Crippen LogP contribution < -0.4 is 4.74 Å². The van der Waals surface area contributed by atoms with Gasteiger partial charge in [-0.05, 0) is 64.9 Å². The van der Waals surface area contributed by atoms with Crippen LogP contribution in [0.15, 0.2) is 59.5 Å². The van der Waals surface area contributed by atoms with Crippen molar-refractivity contribution in [2.75, 3.05) is 13.2 Å². The van der Waals surface area contributed by atoms with Crippen molar-refractivity contribution >= 4 is 68.9 Å². The van der Waals surface area contributed by atoms with Crippen molar-refractivity contribution in [1.29, 1.82) is 0 Å². The molecule has 1 fully saturated rings. The van der Waals surface area contributed by atoms with Gasteiger partial charge in [0.05, 0.1) is 28.1 Å². The van der Waals surface area contributed by atoms with Crippen LogP contribution in [-0.2, 0) is 20.9 Å². The molecule has 0 atom stereocenters. The number of carbonyl (C=O) groups excluding carboxylic acids is 3. The molecule has 2 amide bonds. The molecule has 0 bridgehead atoms. The fraction of sp³-hybridized carbons (Fsp3) is 0.160. The lowest BCUT2D eigenvalue weighted by Crippen LogP contribution is -2.27. The summed E-state index contributed by atoms with van der Waals surface area (Å²) in [5.74, 6) is -0.796. The van der Waals surface area contributed by atoms with E-state index in [9.17, 15) is 14.4 Å². The van der Waals surface area contributed by atoms with Crippen LogP contribution in [0.1, 0.15) is 18.1 Å². The second kappa shape index (κ2) is 10.5. The first-order valence-corrected chi connectivity index (χ1v) is 11.9. The zero-order valence-corrected chi connectivity index (χ0v) is 20.4. The molecule has 174 valence electrons. The second-order valence-electron chi connectivity index (χ2n) is 7.36. The van der Waals surface area contributed by atoms with Gasteiger partial charge in [0.2, 0.25) is 0 Å². The largest absolute Gasteiger partial charge is 0.479 e. The Labute approximate surface area is 210 Å². The number of halogens is 2. The SMILES string of the molecule is CCOC(=O)COc1c(Cl)cc(/C=C2\SC(=O)N(Cc3ccc4ccccc4c3)C2=O)cc1Cl. The highest BCUT2D eigenvalue weighted by Gasteiger charge is 2.35. The van der Waals surface area contributed by atoms with Crippen molar-refractivity contribution in [3.8, 4) is 5.75 Å². The summed E-state index contributed by atoms with van der Waals surface area (Å²) in [7, 11) is 0. The van der Waals surface area contributed by atoms with E-state index in [-0.39, 0.29) is 45.7 Å². The normalized spacial score (nSPS) is 14.8. The van der Waals surface area contributed by atoms with Crippen molar-refractivity contribution in [3.63, 3.8) is 0 Å². The Kier molecular flexibility index (Phi) is 7.46. The molecule has 0 saturated carbocycles. The van der Waals surface area contributed by atoms with Gasteiger partial charge in [0.25, 0.3) is 11.1 Å². The summed E-state index contributed by atoms with van der Waals surface area (Å²) in [4.78, 5) is 38.5. The quantitative estimate of drug-likeness (QED) is 0.270. The molecule has 1 aliphatic rings. The highest BCUT2D eigenvalue weighted by atomic mass is 35.5. The van der Waals surface area contributed by atoms with Gasteiger partial charge in [0, 0.05) is 0 Å². The van der Waals surface area contributed by atoms with E-state index < -0.39 is 11.9 Å². The van der Waals surface area contributed by atoms with Gasteiger partial charge in [-0.15, -0.1) is 0 Å². The summed E-state index contributed by atoms with van der Waals surface area (Å²) in [5.41, 5.74) is 1.38. The van der Waals surface area contributed by atoms with Crippen LogP contribution in [0.4, 0.5) is 4.79 Å². The number of fused-ring (bicyclic) bond motifs is 1. The van der Waals surface area contributed by atoms with Gasteiger partial charge in [-0.3, -0.25) is 14.5 Å². The third-order valence-electron chi connectivity index (χ3n) is 4.99. The number of rotatable bonds is 7. The van der Waals surface area contributed by atoms with E-state index in [4.69, 9.17) is 32.7 Å². The Morgan fingerprint density at radius 1 is 1.03 bits per heavy atom. The van der Waals surface area contributed by atoms with Gasteiger partial charge >= 0.3 is 5.97 Å². The first-order valence-electron chi connectivity index (χ1n) is 10.4. The first kappa shape index (κ1) is 24.1. The minimum absolute atomic E-state index is 0.137. The number of imide groups is 1. The Bertz CT molecular complexity index is 1300. The number of thioether (sulfide) groups is 1. The molecule has 0 aromatic heterocycles. The maximum absolute atomic E-state index is 12.9. The van der Waals surface area contributed by atoms with Crippen molar-refractivity contribution in [3.05, 3.63) is 80.7 Å². The zero-order chi connectivity index (χ0) is 24.2. The molecule has 0 aliphatic carbocycles. The molecule has 4 rings (SSSR count). The lowest BCUT2D eigenvalue weighted by atomic mass is 10.1. The van der Waals surface area contributed by atoms with E-state index in [0.717, 1.165) is 28.1 Å². The third kappa shape index (κ3) is 5.38. The summed E-state index contributed by atoms with van der Waals surface area (Å²) < 4.78 is 10.2. The third-order valence-corrected chi connectivity index (χ3v) is 6.46. The van der Waals surface area contributed by atoms with E-state index in [2.05, 4.69) is 0 Å². The highest BCUT2D eigenvalue weighted by Crippen LogP contribution is 2.38. The van der Waals surface area contributed by atoms with E-state index >= 15 is 0 Å². The van der Waals surface area contributed by atoms with E-state index in [0.29, 0.717) is 5.56 Å². The van der Waals surface area contributed by atoms with Crippen LogP contribution in [0.2, 0.25) is 10.0 Å². The van der Waals surface area contributed by atoms with Crippen molar-refractivity contribution in [1.82, 2.24) is 4.90 Å². The Balaban J connectivity index is 1.50. The number of hydrogen-bond donors (Lipinski definition) is 0. The molecule has 3 aromatic rings. The van der Waals surface area contributed by atoms with Gasteiger partial charge in [0.1, 0.15) is 0 Å². The fourth-order valence-corrected chi connectivity index (χ4v) is 4.89. The van der Waals surface area contributed by atoms with E-state index in [1.807, 2.05) is 42.5 Å². The van der Waals surface area contributed by atoms with Gasteiger partial charge in [-0.1, -0.05) is 59.6 Å². The van der Waals surface area contributed by atoms with Crippen LogP contribution in [0.5, 0.6) is 5.75 Å². The molecule has 34 heavy (non-hydrogen) atoms. The average Bonchev–Trinajstić information content (AvgIpc) is 3.06. The minimum Gasteiger partial charge on any atom is -0.479 e. The second-order valence-corrected chi connectivity index (χ2v) is 9.16. The number of carbonyl (C=O) groups is 3. The molecular formula is C25H19Cl2NO5S. The molecule has 3 aromatic carbocycles. The Morgan fingerprint density at radius 2 is 1.74 bits per heavy atom. The topological polar surface area (TPSA) is 72.9 Å². The maximum atomic E-state index is 12.9. The predicted octanol–water partition coefficient (Wildman–Crippen LogP) is 6.33. The lowest BCUT2D eigenvalue weighted by molar-refractivity contribution is -0.145. The smallest absolute Gasteiger partial charge is 0.344 e. The summed E-state index contributed by atoms with van der Waals surface area (Å²) in [6.45, 7) is 1.77. The number of nitrogens with zero attached hydrogens (tertiary/aromatic N) is 1. The zero-order valence-electron chi connectivity index (χ0n) is 18.0. The van der Waals surface area contributed by atoms with Gasteiger partial charge < -0.3 is 9.47 Å². The highest BCUT2D eigenvalue weighted by molar-refractivity contribution is 8.18. The van der Waals surface area contributed by atoms with Gasteiger partial charge in [-0.2, -0.15) is 0 Å². The fourth-order valence-electron chi connectivity index (χ4n) is 3.44. The molecular weight excluding hydrogens is 497 g/mol. The van der Waals surface area contributed by atoms with Crippen LogP contribution in [0, 0.1) is 0 Å². The standard InChI is InChI=1S/C25H19Cl2NO5S/c1-2-32-22(29)14-33-23-19(26)10-16(11-20(23)27)12-21-24(30)28(25(31)34-21)13-15-7-8-17-5-3-4-6-18(17)9-15/h3-12H,2,13-14H2,1H3/b21-12-. The molecule has 1 saturated heterocycles. The van der Waals surface area contributed by atoms with E-state index in [1.54, 1.807) is 25.1 Å². The summed E-state index contributed by atoms with van der Waals surface area (Å²) in [6, 6.07) is 16.8. The van der Waals surface area contributed by atoms with E-state index in [1.165, 1.54) is 4.90 Å². The van der Waals surface area contributed by atoms with Crippen LogP contribution in [-0.4, -0.2) is 35.2 Å². The molecule has 6 nitrogen and oxygen atoms in total. The molecule has 0 N–H and O–H groups in total. The van der Waals surface area contributed by atoms with Crippen molar-refractivity contribution in [2.24, 2.45) is 0 Å². The number of hydrogen-bond acceptors (Lipinski definition) is 6. The van der Waals surface area contributed by atoms with Crippen LogP contribution in [0.3, 0.4) is 0 Å².